The summed E-state index contributed by atoms with van der Waals surface area (Å²) in [5.41, 5.74) is 2.36. The van der Waals surface area contributed by atoms with Crippen molar-refractivity contribution in [2.45, 2.75) is 13.5 Å². The zero-order chi connectivity index (χ0) is 13.1. The third kappa shape index (κ3) is 2.89. The number of carbonyl (C=O) groups is 1. The molecule has 2 aromatic heterocycles. The molecule has 94 valence electrons. The summed E-state index contributed by atoms with van der Waals surface area (Å²) in [4.78, 5) is 18.0. The molecule has 1 amide bonds. The lowest BCUT2D eigenvalue weighted by Crippen LogP contribution is -2.26. The first-order chi connectivity index (χ1) is 8.58. The molecule has 0 N–H and O–H groups in total. The average molecular weight is 281 g/mol. The van der Waals surface area contributed by atoms with Crippen LogP contribution in [0.5, 0.6) is 0 Å². The smallest absolute Gasteiger partial charge is 0.256 e. The van der Waals surface area contributed by atoms with Crippen LogP contribution < -0.4 is 0 Å². The van der Waals surface area contributed by atoms with Gasteiger partial charge in [-0.25, -0.2) is 0 Å². The first-order valence-electron chi connectivity index (χ1n) is 5.46. The summed E-state index contributed by atoms with van der Waals surface area (Å²) >= 11 is 7.68. The Morgan fingerprint density at radius 2 is 2.33 bits per heavy atom. The quantitative estimate of drug-likeness (QED) is 0.863. The summed E-state index contributed by atoms with van der Waals surface area (Å²) in [5, 5.41) is 4.47. The Labute approximate surface area is 115 Å². The Hall–Kier alpha value is -1.39. The summed E-state index contributed by atoms with van der Waals surface area (Å²) in [5.74, 6) is -0.112. The summed E-state index contributed by atoms with van der Waals surface area (Å²) < 4.78 is 0. The molecule has 0 saturated carbocycles. The first-order valence-corrected chi connectivity index (χ1v) is 6.78. The molecule has 0 aromatic carbocycles. The van der Waals surface area contributed by atoms with Gasteiger partial charge in [-0.1, -0.05) is 11.6 Å². The van der Waals surface area contributed by atoms with E-state index in [9.17, 15) is 4.79 Å². The zero-order valence-corrected chi connectivity index (χ0v) is 11.8. The number of aryl methyl sites for hydroxylation is 1. The second-order valence-electron chi connectivity index (χ2n) is 4.10. The molecule has 0 spiro atoms. The van der Waals surface area contributed by atoms with Crippen LogP contribution in [0.2, 0.25) is 5.02 Å². The maximum Gasteiger partial charge on any atom is 0.256 e. The van der Waals surface area contributed by atoms with Crippen molar-refractivity contribution in [2.24, 2.45) is 0 Å². The number of hydrogen-bond donors (Lipinski definition) is 0. The van der Waals surface area contributed by atoms with Crippen LogP contribution in [-0.2, 0) is 6.54 Å². The van der Waals surface area contributed by atoms with E-state index in [1.54, 1.807) is 29.4 Å². The van der Waals surface area contributed by atoms with Crippen LogP contribution in [0.4, 0.5) is 0 Å². The van der Waals surface area contributed by atoms with E-state index in [0.717, 1.165) is 11.3 Å². The molecule has 2 aromatic rings. The Morgan fingerprint density at radius 3 is 2.94 bits per heavy atom. The van der Waals surface area contributed by atoms with Crippen LogP contribution in [0.1, 0.15) is 21.6 Å². The number of rotatable bonds is 3. The highest BCUT2D eigenvalue weighted by atomic mass is 35.5. The minimum Gasteiger partial charge on any atom is -0.337 e. The van der Waals surface area contributed by atoms with E-state index in [0.29, 0.717) is 17.1 Å². The van der Waals surface area contributed by atoms with E-state index in [4.69, 9.17) is 11.6 Å². The Kier molecular flexibility index (Phi) is 3.99. The van der Waals surface area contributed by atoms with Crippen molar-refractivity contribution in [2.75, 3.05) is 7.05 Å². The molecule has 0 radical (unpaired) electrons. The van der Waals surface area contributed by atoms with Gasteiger partial charge in [0.25, 0.3) is 5.91 Å². The summed E-state index contributed by atoms with van der Waals surface area (Å²) in [7, 11) is 1.76. The maximum atomic E-state index is 12.2. The summed E-state index contributed by atoms with van der Waals surface area (Å²) in [6, 6.07) is 3.71. The van der Waals surface area contributed by atoms with Crippen molar-refractivity contribution in [3.8, 4) is 0 Å². The molecule has 2 rings (SSSR count). The first kappa shape index (κ1) is 13.1. The molecule has 3 nitrogen and oxygen atoms in total. The van der Waals surface area contributed by atoms with Gasteiger partial charge in [0, 0.05) is 25.5 Å². The van der Waals surface area contributed by atoms with Crippen molar-refractivity contribution < 1.29 is 4.79 Å². The zero-order valence-electron chi connectivity index (χ0n) is 10.2. The van der Waals surface area contributed by atoms with Gasteiger partial charge in [-0.2, -0.15) is 11.3 Å². The van der Waals surface area contributed by atoms with Gasteiger partial charge in [0.05, 0.1) is 10.6 Å². The fourth-order valence-electron chi connectivity index (χ4n) is 1.62. The van der Waals surface area contributed by atoms with Crippen molar-refractivity contribution >= 4 is 28.8 Å². The van der Waals surface area contributed by atoms with Crippen molar-refractivity contribution in [1.82, 2.24) is 9.88 Å². The third-order valence-corrected chi connectivity index (χ3v) is 3.61. The molecule has 0 saturated heterocycles. The van der Waals surface area contributed by atoms with Crippen molar-refractivity contribution in [3.05, 3.63) is 50.9 Å². The minimum absolute atomic E-state index is 0.112. The lowest BCUT2D eigenvalue weighted by Gasteiger charge is -2.17. The van der Waals surface area contributed by atoms with Gasteiger partial charge in [0.15, 0.2) is 0 Å². The lowest BCUT2D eigenvalue weighted by atomic mass is 10.2. The molecule has 0 fully saturated rings. The van der Waals surface area contributed by atoms with Crippen molar-refractivity contribution in [1.29, 1.82) is 0 Å². The fraction of sp³-hybridized carbons (Fsp3) is 0.231. The van der Waals surface area contributed by atoms with Crippen LogP contribution in [0.3, 0.4) is 0 Å². The minimum atomic E-state index is -0.112. The molecular formula is C13H13ClN2OS. The average Bonchev–Trinajstić information content (AvgIpc) is 2.81. The van der Waals surface area contributed by atoms with Gasteiger partial charge in [-0.05, 0) is 35.4 Å². The number of hydrogen-bond acceptors (Lipinski definition) is 3. The Bertz CT molecular complexity index is 554. The fourth-order valence-corrected chi connectivity index (χ4v) is 2.57. The summed E-state index contributed by atoms with van der Waals surface area (Å²) in [6.07, 6.45) is 1.53. The normalized spacial score (nSPS) is 10.4. The van der Waals surface area contributed by atoms with Gasteiger partial charge >= 0.3 is 0 Å². The van der Waals surface area contributed by atoms with Gasteiger partial charge in [-0.3, -0.25) is 9.78 Å². The topological polar surface area (TPSA) is 33.2 Å². The molecule has 5 heteroatoms. The van der Waals surface area contributed by atoms with Crippen LogP contribution in [0.15, 0.2) is 29.1 Å². The number of halogens is 1. The Balaban J connectivity index is 2.15. The largest absolute Gasteiger partial charge is 0.337 e. The standard InChI is InChI=1S/C13H13ClN2OS/c1-9-5-12(14)11(6-15-9)13(17)16(2)7-10-3-4-18-8-10/h3-6,8H,7H2,1-2H3. The van der Waals surface area contributed by atoms with Crippen LogP contribution >= 0.6 is 22.9 Å². The molecule has 2 heterocycles. The highest BCUT2D eigenvalue weighted by Crippen LogP contribution is 2.18. The molecule has 0 aliphatic rings. The molecular weight excluding hydrogens is 268 g/mol. The highest BCUT2D eigenvalue weighted by molar-refractivity contribution is 7.07. The van der Waals surface area contributed by atoms with E-state index in [1.165, 1.54) is 6.20 Å². The van der Waals surface area contributed by atoms with Gasteiger partial charge in [0.1, 0.15) is 0 Å². The van der Waals surface area contributed by atoms with Gasteiger partial charge in [0.2, 0.25) is 0 Å². The van der Waals surface area contributed by atoms with Crippen molar-refractivity contribution in [3.63, 3.8) is 0 Å². The second kappa shape index (κ2) is 5.50. The SMILES string of the molecule is Cc1cc(Cl)c(C(=O)N(C)Cc2ccsc2)cn1. The number of nitrogens with zero attached hydrogens (tertiary/aromatic N) is 2. The lowest BCUT2D eigenvalue weighted by molar-refractivity contribution is 0.0785. The van der Waals surface area contributed by atoms with Crippen LogP contribution in [0, 0.1) is 6.92 Å². The molecule has 18 heavy (non-hydrogen) atoms. The number of aromatic nitrogens is 1. The van der Waals surface area contributed by atoms with Crippen LogP contribution in [-0.4, -0.2) is 22.8 Å². The molecule has 0 unspecified atom stereocenters. The maximum absolute atomic E-state index is 12.2. The number of pyridine rings is 1. The van der Waals surface area contributed by atoms with E-state index in [2.05, 4.69) is 4.98 Å². The monoisotopic (exact) mass is 280 g/mol. The van der Waals surface area contributed by atoms with E-state index in [1.807, 2.05) is 23.8 Å². The highest BCUT2D eigenvalue weighted by Gasteiger charge is 2.16. The predicted molar refractivity (Wildman–Crippen MR) is 74.1 cm³/mol. The predicted octanol–water partition coefficient (Wildman–Crippen LogP) is 3.38. The number of amides is 1. The van der Waals surface area contributed by atoms with Crippen LogP contribution in [0.25, 0.3) is 0 Å². The second-order valence-corrected chi connectivity index (χ2v) is 5.29. The van der Waals surface area contributed by atoms with E-state index in [-0.39, 0.29) is 5.91 Å². The molecule has 0 aliphatic heterocycles. The Morgan fingerprint density at radius 1 is 1.56 bits per heavy atom. The van der Waals surface area contributed by atoms with E-state index < -0.39 is 0 Å². The number of thiophene rings is 1. The molecule has 0 atom stereocenters. The van der Waals surface area contributed by atoms with Gasteiger partial charge in [-0.15, -0.1) is 0 Å². The number of carbonyl (C=O) groups excluding carboxylic acids is 1. The van der Waals surface area contributed by atoms with Gasteiger partial charge < -0.3 is 4.90 Å². The third-order valence-electron chi connectivity index (χ3n) is 2.57. The van der Waals surface area contributed by atoms with E-state index >= 15 is 0 Å². The molecule has 0 bridgehead atoms. The summed E-state index contributed by atoms with van der Waals surface area (Å²) in [6.45, 7) is 2.42. The molecule has 0 aliphatic carbocycles.